The number of hydrogen-bond acceptors (Lipinski definition) is 6. The molecule has 3 aromatic rings. The van der Waals surface area contributed by atoms with Gasteiger partial charge in [0.2, 0.25) is 21.8 Å². The number of anilines is 1. The predicted molar refractivity (Wildman–Crippen MR) is 159 cm³/mol. The highest BCUT2D eigenvalue weighted by Gasteiger charge is 2.33. The molecule has 0 radical (unpaired) electrons. The maximum absolute atomic E-state index is 14.1. The summed E-state index contributed by atoms with van der Waals surface area (Å²) in [6.45, 7) is 4.96. The Morgan fingerprint density at radius 3 is 2.21 bits per heavy atom. The molecule has 0 heterocycles. The number of benzene rings is 3. The molecule has 42 heavy (non-hydrogen) atoms. The predicted octanol–water partition coefficient (Wildman–Crippen LogP) is 4.22. The molecule has 10 nitrogen and oxygen atoms in total. The Kier molecular flexibility index (Phi) is 10.8. The molecule has 1 N–H and O–H groups in total. The summed E-state index contributed by atoms with van der Waals surface area (Å²) in [4.78, 5) is 39.7. The smallest absolute Gasteiger partial charge is 0.271 e. The van der Waals surface area contributed by atoms with Gasteiger partial charge in [-0.2, -0.15) is 0 Å². The van der Waals surface area contributed by atoms with Crippen molar-refractivity contribution in [2.24, 2.45) is 5.92 Å². The molecule has 0 aliphatic heterocycles. The van der Waals surface area contributed by atoms with Crippen molar-refractivity contribution >= 4 is 33.2 Å². The van der Waals surface area contributed by atoms with E-state index in [1.807, 2.05) is 32.0 Å². The summed E-state index contributed by atoms with van der Waals surface area (Å²) in [6.07, 6.45) is 1.03. The van der Waals surface area contributed by atoms with Gasteiger partial charge in [0, 0.05) is 31.6 Å². The molecular formula is C30H35FN4O6S. The maximum Gasteiger partial charge on any atom is 0.271 e. The van der Waals surface area contributed by atoms with E-state index in [1.54, 1.807) is 19.1 Å². The van der Waals surface area contributed by atoms with Gasteiger partial charge in [0.15, 0.2) is 0 Å². The van der Waals surface area contributed by atoms with Crippen LogP contribution in [0.15, 0.2) is 72.8 Å². The first-order valence-electron chi connectivity index (χ1n) is 13.3. The number of aryl methyl sites for hydroxylation is 1. The van der Waals surface area contributed by atoms with E-state index in [1.165, 1.54) is 41.3 Å². The molecule has 0 unspecified atom stereocenters. The topological polar surface area (TPSA) is 130 Å². The molecule has 2 amide bonds. The molecule has 0 saturated heterocycles. The molecule has 0 bridgehead atoms. The fraction of sp³-hybridized carbons (Fsp3) is 0.333. The number of sulfonamides is 1. The first-order chi connectivity index (χ1) is 19.8. The van der Waals surface area contributed by atoms with E-state index in [-0.39, 0.29) is 30.3 Å². The first kappa shape index (κ1) is 32.2. The molecule has 0 fully saturated rings. The van der Waals surface area contributed by atoms with Gasteiger partial charge in [-0.05, 0) is 41.7 Å². The number of nitro groups is 1. The zero-order valence-corrected chi connectivity index (χ0v) is 24.8. The van der Waals surface area contributed by atoms with E-state index in [0.717, 1.165) is 22.2 Å². The van der Waals surface area contributed by atoms with Crippen LogP contribution < -0.4 is 9.62 Å². The average Bonchev–Trinajstić information content (AvgIpc) is 2.93. The van der Waals surface area contributed by atoms with Gasteiger partial charge in [-0.1, -0.05) is 62.4 Å². The number of halogens is 1. The van der Waals surface area contributed by atoms with Crippen molar-refractivity contribution in [2.75, 3.05) is 23.7 Å². The van der Waals surface area contributed by atoms with E-state index in [2.05, 4.69) is 5.32 Å². The van der Waals surface area contributed by atoms with Crippen LogP contribution in [-0.2, 0) is 32.6 Å². The molecule has 0 aliphatic carbocycles. The minimum Gasteiger partial charge on any atom is -0.354 e. The Bertz CT molecular complexity index is 1510. The van der Waals surface area contributed by atoms with Crippen LogP contribution in [0.1, 0.15) is 30.5 Å². The van der Waals surface area contributed by atoms with Crippen LogP contribution >= 0.6 is 0 Å². The molecular weight excluding hydrogens is 563 g/mol. The Balaban J connectivity index is 2.09. The van der Waals surface area contributed by atoms with Crippen molar-refractivity contribution in [1.82, 2.24) is 10.2 Å². The maximum atomic E-state index is 14.1. The summed E-state index contributed by atoms with van der Waals surface area (Å²) in [5.74, 6) is -1.49. The first-order valence-corrected chi connectivity index (χ1v) is 15.2. The number of hydrogen-bond donors (Lipinski definition) is 1. The minimum atomic E-state index is -4.10. The molecule has 3 aromatic carbocycles. The Hall–Kier alpha value is -4.32. The van der Waals surface area contributed by atoms with E-state index < -0.39 is 45.2 Å². The normalized spacial score (nSPS) is 12.0. The van der Waals surface area contributed by atoms with Gasteiger partial charge in [0.1, 0.15) is 18.4 Å². The highest BCUT2D eigenvalue weighted by atomic mass is 32.2. The summed E-state index contributed by atoms with van der Waals surface area (Å²) >= 11 is 0. The Morgan fingerprint density at radius 2 is 1.64 bits per heavy atom. The second-order valence-electron chi connectivity index (χ2n) is 10.5. The fourth-order valence-electron chi connectivity index (χ4n) is 4.34. The van der Waals surface area contributed by atoms with Gasteiger partial charge in [-0.25, -0.2) is 12.8 Å². The van der Waals surface area contributed by atoms with E-state index >= 15 is 0 Å². The number of nitrogens with zero attached hydrogens (tertiary/aromatic N) is 3. The third-order valence-corrected chi connectivity index (χ3v) is 7.70. The van der Waals surface area contributed by atoms with E-state index in [0.29, 0.717) is 17.7 Å². The van der Waals surface area contributed by atoms with Crippen LogP contribution in [0.5, 0.6) is 0 Å². The second-order valence-corrected chi connectivity index (χ2v) is 12.4. The minimum absolute atomic E-state index is 0.0225. The van der Waals surface area contributed by atoms with Crippen molar-refractivity contribution in [1.29, 1.82) is 0 Å². The summed E-state index contributed by atoms with van der Waals surface area (Å²) < 4.78 is 40.4. The number of nitro benzene ring substituents is 1. The van der Waals surface area contributed by atoms with Gasteiger partial charge in [-0.3, -0.25) is 24.0 Å². The van der Waals surface area contributed by atoms with Gasteiger partial charge >= 0.3 is 0 Å². The van der Waals surface area contributed by atoms with Gasteiger partial charge in [0.25, 0.3) is 5.69 Å². The summed E-state index contributed by atoms with van der Waals surface area (Å²) in [6, 6.07) is 17.2. The van der Waals surface area contributed by atoms with Gasteiger partial charge in [-0.15, -0.1) is 0 Å². The highest BCUT2D eigenvalue weighted by Crippen LogP contribution is 2.28. The Morgan fingerprint density at radius 1 is 1.00 bits per heavy atom. The van der Waals surface area contributed by atoms with Crippen molar-refractivity contribution in [2.45, 2.75) is 39.8 Å². The number of nitrogens with one attached hydrogen (secondary N) is 1. The van der Waals surface area contributed by atoms with Crippen LogP contribution in [0.4, 0.5) is 15.8 Å². The van der Waals surface area contributed by atoms with Gasteiger partial charge in [0.05, 0.1) is 16.9 Å². The number of carbonyl (C=O) groups excluding carboxylic acids is 2. The monoisotopic (exact) mass is 598 g/mol. The SMILES string of the molecule is Cc1ccc([N+](=O)[O-])cc1N(CC(=O)N(Cc1ccc(F)cc1)[C@H](Cc1ccccc1)C(=O)NCC(C)C)S(C)(=O)=O. The number of non-ortho nitro benzene ring substituents is 1. The molecule has 12 heteroatoms. The third kappa shape index (κ3) is 8.84. The lowest BCUT2D eigenvalue weighted by Gasteiger charge is -2.34. The highest BCUT2D eigenvalue weighted by molar-refractivity contribution is 7.92. The van der Waals surface area contributed by atoms with Crippen molar-refractivity contribution < 1.29 is 27.3 Å². The molecule has 0 aromatic heterocycles. The number of rotatable bonds is 13. The van der Waals surface area contributed by atoms with Crippen LogP contribution in [0.3, 0.4) is 0 Å². The van der Waals surface area contributed by atoms with Gasteiger partial charge < -0.3 is 10.2 Å². The summed E-state index contributed by atoms with van der Waals surface area (Å²) in [5.41, 5.74) is 1.34. The van der Waals surface area contributed by atoms with Crippen LogP contribution in [-0.4, -0.2) is 55.4 Å². The summed E-state index contributed by atoms with van der Waals surface area (Å²) in [5, 5.41) is 14.3. The largest absolute Gasteiger partial charge is 0.354 e. The molecule has 3 rings (SSSR count). The Labute approximate surface area is 245 Å². The van der Waals surface area contributed by atoms with Crippen molar-refractivity contribution in [3.05, 3.63) is 105 Å². The average molecular weight is 599 g/mol. The van der Waals surface area contributed by atoms with Crippen LogP contribution in [0.25, 0.3) is 0 Å². The van der Waals surface area contributed by atoms with E-state index in [4.69, 9.17) is 0 Å². The van der Waals surface area contributed by atoms with Crippen molar-refractivity contribution in [3.8, 4) is 0 Å². The number of carbonyl (C=O) groups is 2. The zero-order chi connectivity index (χ0) is 31.0. The quantitative estimate of drug-likeness (QED) is 0.232. The van der Waals surface area contributed by atoms with Crippen LogP contribution in [0.2, 0.25) is 0 Å². The second kappa shape index (κ2) is 14.0. The fourth-order valence-corrected chi connectivity index (χ4v) is 5.24. The summed E-state index contributed by atoms with van der Waals surface area (Å²) in [7, 11) is -4.10. The molecule has 224 valence electrons. The zero-order valence-electron chi connectivity index (χ0n) is 24.0. The van der Waals surface area contributed by atoms with E-state index in [9.17, 15) is 32.5 Å². The lowest BCUT2D eigenvalue weighted by molar-refractivity contribution is -0.384. The molecule has 0 saturated carbocycles. The third-order valence-electron chi connectivity index (χ3n) is 6.57. The number of amides is 2. The molecule has 0 aliphatic rings. The molecule has 1 atom stereocenters. The lowest BCUT2D eigenvalue weighted by atomic mass is 10.0. The lowest BCUT2D eigenvalue weighted by Crippen LogP contribution is -2.53. The van der Waals surface area contributed by atoms with Crippen molar-refractivity contribution in [3.63, 3.8) is 0 Å². The molecule has 0 spiro atoms. The van der Waals surface area contributed by atoms with Crippen LogP contribution in [0, 0.1) is 28.8 Å². The standard InChI is InChI=1S/C30H35FN4O6S/c1-21(2)18-32-30(37)28(16-23-8-6-5-7-9-23)33(19-24-11-13-25(31)14-12-24)29(36)20-34(42(4,40)41)27-17-26(35(38)39)15-10-22(27)3/h5-15,17,21,28H,16,18-20H2,1-4H3,(H,32,37)/t28-/m1/s1.